The zero-order chi connectivity index (χ0) is 17.0. The zero-order valence-corrected chi connectivity index (χ0v) is 14.7. The van der Waals surface area contributed by atoms with Crippen LogP contribution in [0.5, 0.6) is 0 Å². The van der Waals surface area contributed by atoms with E-state index in [1.54, 1.807) is 6.92 Å². The van der Waals surface area contributed by atoms with Crippen molar-refractivity contribution in [3.05, 3.63) is 22.5 Å². The molecule has 1 aromatic rings. The summed E-state index contributed by atoms with van der Waals surface area (Å²) in [6.45, 7) is 9.01. The summed E-state index contributed by atoms with van der Waals surface area (Å²) < 4.78 is 5.07. The summed E-state index contributed by atoms with van der Waals surface area (Å²) in [5.74, 6) is -0.106. The number of nitrogens with one attached hydrogen (secondary N) is 1. The first kappa shape index (κ1) is 17.6. The van der Waals surface area contributed by atoms with Crippen molar-refractivity contribution < 1.29 is 14.3 Å². The Bertz CT molecular complexity index is 577. The number of piperidine rings is 1. The van der Waals surface area contributed by atoms with Crippen molar-refractivity contribution in [1.82, 2.24) is 9.88 Å². The lowest BCUT2D eigenvalue weighted by molar-refractivity contribution is -0.134. The highest BCUT2D eigenvalue weighted by molar-refractivity contribution is 5.90. The summed E-state index contributed by atoms with van der Waals surface area (Å²) in [6.07, 6.45) is 4.57. The van der Waals surface area contributed by atoms with Gasteiger partial charge in [0.15, 0.2) is 0 Å². The monoisotopic (exact) mass is 320 g/mol. The second kappa shape index (κ2) is 7.66. The summed E-state index contributed by atoms with van der Waals surface area (Å²) in [5, 5.41) is 0. The summed E-state index contributed by atoms with van der Waals surface area (Å²) in [7, 11) is 0. The van der Waals surface area contributed by atoms with Gasteiger partial charge in [0.2, 0.25) is 5.91 Å². The topological polar surface area (TPSA) is 62.4 Å². The van der Waals surface area contributed by atoms with E-state index in [0.717, 1.165) is 36.2 Å². The average Bonchev–Trinajstić information content (AvgIpc) is 2.80. The van der Waals surface area contributed by atoms with Crippen LogP contribution in [0.3, 0.4) is 0 Å². The van der Waals surface area contributed by atoms with Crippen LogP contribution >= 0.6 is 0 Å². The fraction of sp³-hybridized carbons (Fsp3) is 0.667. The number of rotatable bonds is 5. The number of aryl methyl sites for hydroxylation is 1. The third-order valence-electron chi connectivity index (χ3n) is 4.78. The predicted molar refractivity (Wildman–Crippen MR) is 89.6 cm³/mol. The number of aromatic nitrogens is 1. The molecule has 1 aromatic heterocycles. The minimum atomic E-state index is -0.324. The molecule has 128 valence electrons. The lowest BCUT2D eigenvalue weighted by Crippen LogP contribution is -2.42. The number of amides is 1. The number of H-pyrrole nitrogens is 1. The van der Waals surface area contributed by atoms with E-state index in [4.69, 9.17) is 4.74 Å². The van der Waals surface area contributed by atoms with Crippen LogP contribution in [-0.4, -0.2) is 41.0 Å². The third-order valence-corrected chi connectivity index (χ3v) is 4.78. The Morgan fingerprint density at radius 3 is 2.70 bits per heavy atom. The van der Waals surface area contributed by atoms with Gasteiger partial charge in [-0.1, -0.05) is 0 Å². The van der Waals surface area contributed by atoms with E-state index in [1.165, 1.54) is 6.42 Å². The van der Waals surface area contributed by atoms with Crippen molar-refractivity contribution >= 4 is 11.9 Å². The molecule has 2 heterocycles. The molecule has 1 saturated heterocycles. The van der Waals surface area contributed by atoms with Crippen LogP contribution in [0, 0.1) is 13.8 Å². The quantitative estimate of drug-likeness (QED) is 0.848. The van der Waals surface area contributed by atoms with Crippen molar-refractivity contribution in [2.75, 3.05) is 13.2 Å². The van der Waals surface area contributed by atoms with Crippen molar-refractivity contribution in [3.63, 3.8) is 0 Å². The van der Waals surface area contributed by atoms with Crippen molar-refractivity contribution in [2.45, 2.75) is 65.8 Å². The van der Waals surface area contributed by atoms with Gasteiger partial charge in [-0.2, -0.15) is 0 Å². The molecule has 23 heavy (non-hydrogen) atoms. The lowest BCUT2D eigenvalue weighted by atomic mass is 10.0. The van der Waals surface area contributed by atoms with E-state index < -0.39 is 0 Å². The van der Waals surface area contributed by atoms with Gasteiger partial charge in [-0.3, -0.25) is 4.79 Å². The molecule has 0 aliphatic carbocycles. The molecule has 0 spiro atoms. The van der Waals surface area contributed by atoms with E-state index in [-0.39, 0.29) is 11.9 Å². The first-order valence-corrected chi connectivity index (χ1v) is 8.60. The standard InChI is InChI=1S/C18H28N2O3/c1-5-23-18(22)17-13(3)15(14(4)19-17)9-10-16(21)20-11-7-6-8-12(20)2/h12,19H,5-11H2,1-4H3. The Labute approximate surface area is 138 Å². The van der Waals surface area contributed by atoms with Crippen molar-refractivity contribution in [2.24, 2.45) is 0 Å². The van der Waals surface area contributed by atoms with Crippen LogP contribution in [-0.2, 0) is 16.0 Å². The molecule has 0 aromatic carbocycles. The second-order valence-corrected chi connectivity index (χ2v) is 6.38. The SMILES string of the molecule is CCOC(=O)c1[nH]c(C)c(CCC(=O)N2CCCCC2C)c1C. The Morgan fingerprint density at radius 2 is 2.04 bits per heavy atom. The van der Waals surface area contributed by atoms with Gasteiger partial charge in [0, 0.05) is 24.7 Å². The molecule has 1 amide bonds. The largest absolute Gasteiger partial charge is 0.461 e. The molecule has 0 radical (unpaired) electrons. The van der Waals surface area contributed by atoms with Crippen LogP contribution in [0.25, 0.3) is 0 Å². The van der Waals surface area contributed by atoms with E-state index in [9.17, 15) is 9.59 Å². The van der Waals surface area contributed by atoms with Crippen molar-refractivity contribution in [3.8, 4) is 0 Å². The highest BCUT2D eigenvalue weighted by Gasteiger charge is 2.24. The number of likely N-dealkylation sites (tertiary alicyclic amines) is 1. The number of esters is 1. The number of carbonyl (C=O) groups is 2. The van der Waals surface area contributed by atoms with Gasteiger partial charge < -0.3 is 14.6 Å². The molecule has 5 nitrogen and oxygen atoms in total. The molecule has 0 bridgehead atoms. The van der Waals surface area contributed by atoms with E-state index in [0.29, 0.717) is 31.2 Å². The molecule has 1 atom stereocenters. The van der Waals surface area contributed by atoms with E-state index in [1.807, 2.05) is 18.7 Å². The van der Waals surface area contributed by atoms with Crippen LogP contribution < -0.4 is 0 Å². The van der Waals surface area contributed by atoms with Gasteiger partial charge in [-0.05, 0) is 64.5 Å². The number of aromatic amines is 1. The number of hydrogen-bond acceptors (Lipinski definition) is 3. The fourth-order valence-electron chi connectivity index (χ4n) is 3.42. The Balaban J connectivity index is 2.03. The molecule has 1 unspecified atom stereocenters. The van der Waals surface area contributed by atoms with Gasteiger partial charge >= 0.3 is 5.97 Å². The van der Waals surface area contributed by atoms with Crippen LogP contribution in [0.15, 0.2) is 0 Å². The summed E-state index contributed by atoms with van der Waals surface area (Å²) in [6, 6.07) is 0.347. The number of nitrogens with zero attached hydrogens (tertiary/aromatic N) is 1. The number of ether oxygens (including phenoxy) is 1. The Hall–Kier alpha value is -1.78. The third kappa shape index (κ3) is 3.95. The Kier molecular flexibility index (Phi) is 5.85. The van der Waals surface area contributed by atoms with Crippen LogP contribution in [0.2, 0.25) is 0 Å². The maximum absolute atomic E-state index is 12.5. The number of hydrogen-bond donors (Lipinski definition) is 1. The summed E-state index contributed by atoms with van der Waals surface area (Å²) >= 11 is 0. The predicted octanol–water partition coefficient (Wildman–Crippen LogP) is 3.14. The fourth-order valence-corrected chi connectivity index (χ4v) is 3.42. The van der Waals surface area contributed by atoms with Gasteiger partial charge in [0.05, 0.1) is 6.61 Å². The van der Waals surface area contributed by atoms with Gasteiger partial charge in [0.25, 0.3) is 0 Å². The normalized spacial score (nSPS) is 18.1. The van der Waals surface area contributed by atoms with Gasteiger partial charge in [-0.25, -0.2) is 4.79 Å². The lowest BCUT2D eigenvalue weighted by Gasteiger charge is -2.33. The van der Waals surface area contributed by atoms with Gasteiger partial charge in [-0.15, -0.1) is 0 Å². The Morgan fingerprint density at radius 1 is 1.30 bits per heavy atom. The highest BCUT2D eigenvalue weighted by atomic mass is 16.5. The first-order valence-electron chi connectivity index (χ1n) is 8.60. The minimum absolute atomic E-state index is 0.217. The van der Waals surface area contributed by atoms with Crippen molar-refractivity contribution in [1.29, 1.82) is 0 Å². The zero-order valence-electron chi connectivity index (χ0n) is 14.7. The van der Waals surface area contributed by atoms with Crippen LogP contribution in [0.1, 0.15) is 66.8 Å². The maximum Gasteiger partial charge on any atom is 0.355 e. The molecule has 1 N–H and O–H groups in total. The van der Waals surface area contributed by atoms with E-state index >= 15 is 0 Å². The first-order chi connectivity index (χ1) is 11.0. The summed E-state index contributed by atoms with van der Waals surface area (Å²) in [4.78, 5) is 29.5. The minimum Gasteiger partial charge on any atom is -0.461 e. The van der Waals surface area contributed by atoms with Crippen LogP contribution in [0.4, 0.5) is 0 Å². The number of carbonyl (C=O) groups excluding carboxylic acids is 2. The molecule has 5 heteroatoms. The molecular weight excluding hydrogens is 292 g/mol. The second-order valence-electron chi connectivity index (χ2n) is 6.38. The molecular formula is C18H28N2O3. The molecule has 0 saturated carbocycles. The molecule has 2 rings (SSSR count). The maximum atomic E-state index is 12.5. The average molecular weight is 320 g/mol. The van der Waals surface area contributed by atoms with Gasteiger partial charge in [0.1, 0.15) is 5.69 Å². The molecule has 1 fully saturated rings. The highest BCUT2D eigenvalue weighted by Crippen LogP contribution is 2.22. The molecule has 1 aliphatic rings. The molecule has 1 aliphatic heterocycles. The smallest absolute Gasteiger partial charge is 0.355 e. The van der Waals surface area contributed by atoms with E-state index in [2.05, 4.69) is 11.9 Å². The summed E-state index contributed by atoms with van der Waals surface area (Å²) in [5.41, 5.74) is 3.43.